The number of carbonyl (C=O) groups excluding carboxylic acids is 1. The molecule has 1 fully saturated rings. The van der Waals surface area contributed by atoms with Crippen molar-refractivity contribution in [2.75, 3.05) is 43.6 Å². The molecular weight excluding hydrogens is 432 g/mol. The number of benzene rings is 1. The van der Waals surface area contributed by atoms with E-state index in [1.807, 2.05) is 36.0 Å². The van der Waals surface area contributed by atoms with E-state index < -0.39 is 11.3 Å². The van der Waals surface area contributed by atoms with Gasteiger partial charge in [0.2, 0.25) is 11.3 Å². The SMILES string of the molecule is CNC(=O)Nc1cc2c(-c3cc(CNS(=O)O)cc(N4CCOCC4)c3)cn(C)c2cn1. The van der Waals surface area contributed by atoms with Crippen LogP contribution in [0.1, 0.15) is 5.56 Å². The number of ether oxygens (including phenoxy) is 1. The number of nitrogens with zero attached hydrogens (tertiary/aromatic N) is 3. The molecule has 1 saturated heterocycles. The molecule has 3 aromatic rings. The summed E-state index contributed by atoms with van der Waals surface area (Å²) in [5, 5.41) is 6.18. The first-order valence-corrected chi connectivity index (χ1v) is 11.3. The molecule has 4 rings (SSSR count). The number of urea groups is 1. The number of fused-ring (bicyclic) bond motifs is 1. The predicted octanol–water partition coefficient (Wildman–Crippen LogP) is 2.05. The maximum absolute atomic E-state index is 11.7. The van der Waals surface area contributed by atoms with E-state index in [1.165, 1.54) is 0 Å². The van der Waals surface area contributed by atoms with Crippen LogP contribution in [0.25, 0.3) is 22.0 Å². The fraction of sp³-hybridized carbons (Fsp3) is 0.333. The average molecular weight is 459 g/mol. The number of morpholine rings is 1. The van der Waals surface area contributed by atoms with E-state index in [4.69, 9.17) is 9.29 Å². The summed E-state index contributed by atoms with van der Waals surface area (Å²) in [6.45, 7) is 3.13. The van der Waals surface area contributed by atoms with Gasteiger partial charge in [0.05, 0.1) is 24.9 Å². The third kappa shape index (κ3) is 4.91. The highest BCUT2D eigenvalue weighted by atomic mass is 32.2. The fourth-order valence-electron chi connectivity index (χ4n) is 3.84. The van der Waals surface area contributed by atoms with Gasteiger partial charge in [-0.1, -0.05) is 0 Å². The van der Waals surface area contributed by atoms with Gasteiger partial charge in [0.15, 0.2) is 0 Å². The number of amides is 2. The minimum absolute atomic E-state index is 0.254. The van der Waals surface area contributed by atoms with Gasteiger partial charge in [-0.15, -0.1) is 0 Å². The second kappa shape index (κ2) is 9.65. The average Bonchev–Trinajstić information content (AvgIpc) is 3.13. The maximum atomic E-state index is 11.7. The second-order valence-electron chi connectivity index (χ2n) is 7.50. The molecule has 0 bridgehead atoms. The molecule has 170 valence electrons. The Bertz CT molecular complexity index is 1160. The molecule has 2 amide bonds. The zero-order valence-corrected chi connectivity index (χ0v) is 18.7. The molecular formula is C21H26N6O4S. The van der Waals surface area contributed by atoms with Crippen molar-refractivity contribution in [1.82, 2.24) is 19.6 Å². The van der Waals surface area contributed by atoms with Crippen LogP contribution in [0.4, 0.5) is 16.3 Å². The van der Waals surface area contributed by atoms with Crippen LogP contribution in [0.5, 0.6) is 0 Å². The Kier molecular flexibility index (Phi) is 6.70. The lowest BCUT2D eigenvalue weighted by Gasteiger charge is -2.29. The summed E-state index contributed by atoms with van der Waals surface area (Å²) in [6.07, 6.45) is 3.75. The third-order valence-electron chi connectivity index (χ3n) is 5.41. The monoisotopic (exact) mass is 458 g/mol. The Morgan fingerprint density at radius 3 is 2.75 bits per heavy atom. The highest BCUT2D eigenvalue weighted by Gasteiger charge is 2.17. The molecule has 4 N–H and O–H groups in total. The summed E-state index contributed by atoms with van der Waals surface area (Å²) >= 11 is -2.10. The molecule has 3 heterocycles. The lowest BCUT2D eigenvalue weighted by atomic mass is 10.0. The number of carbonyl (C=O) groups is 1. The molecule has 1 atom stereocenters. The maximum Gasteiger partial charge on any atom is 0.320 e. The predicted molar refractivity (Wildman–Crippen MR) is 125 cm³/mol. The lowest BCUT2D eigenvalue weighted by molar-refractivity contribution is 0.122. The summed E-state index contributed by atoms with van der Waals surface area (Å²) in [6, 6.07) is 7.66. The van der Waals surface area contributed by atoms with Gasteiger partial charge in [-0.05, 0) is 35.4 Å². The first-order chi connectivity index (χ1) is 15.4. The van der Waals surface area contributed by atoms with E-state index in [-0.39, 0.29) is 12.6 Å². The largest absolute Gasteiger partial charge is 0.378 e. The normalized spacial score (nSPS) is 15.0. The lowest BCUT2D eigenvalue weighted by Crippen LogP contribution is -2.36. The number of anilines is 2. The Morgan fingerprint density at radius 2 is 2.03 bits per heavy atom. The van der Waals surface area contributed by atoms with E-state index in [0.29, 0.717) is 19.0 Å². The number of hydrogen-bond donors (Lipinski definition) is 4. The standard InChI is InChI=1S/C21H26N6O4S/c1-22-21(28)25-20-10-17-18(13-26(2)19(17)12-23-20)15-7-14(11-24-32(29)30)8-16(9-15)27-3-5-31-6-4-27/h7-10,12-13,24H,3-6,11H2,1-2H3,(H,29,30)(H2,22,23,25,28). The molecule has 1 aromatic carbocycles. The molecule has 0 radical (unpaired) electrons. The van der Waals surface area contributed by atoms with Crippen molar-refractivity contribution in [3.63, 3.8) is 0 Å². The smallest absolute Gasteiger partial charge is 0.320 e. The van der Waals surface area contributed by atoms with Crippen molar-refractivity contribution in [3.8, 4) is 11.1 Å². The van der Waals surface area contributed by atoms with Crippen LogP contribution in [-0.2, 0) is 29.6 Å². The zero-order valence-electron chi connectivity index (χ0n) is 17.9. The first-order valence-electron chi connectivity index (χ1n) is 10.2. The van der Waals surface area contributed by atoms with Crippen molar-refractivity contribution in [1.29, 1.82) is 0 Å². The summed E-state index contributed by atoms with van der Waals surface area (Å²) < 4.78 is 30.4. The topological polar surface area (TPSA) is 121 Å². The quantitative estimate of drug-likeness (QED) is 0.420. The number of nitrogens with one attached hydrogen (secondary N) is 3. The highest BCUT2D eigenvalue weighted by molar-refractivity contribution is 7.77. The van der Waals surface area contributed by atoms with Gasteiger partial charge in [-0.25, -0.2) is 18.7 Å². The second-order valence-corrected chi connectivity index (χ2v) is 8.29. The number of rotatable bonds is 6. The van der Waals surface area contributed by atoms with Gasteiger partial charge in [-0.2, -0.15) is 0 Å². The summed E-state index contributed by atoms with van der Waals surface area (Å²) in [5.41, 5.74) is 4.79. The van der Waals surface area contributed by atoms with E-state index in [0.717, 1.165) is 46.4 Å². The highest BCUT2D eigenvalue weighted by Crippen LogP contribution is 2.34. The van der Waals surface area contributed by atoms with Crippen LogP contribution >= 0.6 is 0 Å². The van der Waals surface area contributed by atoms with Gasteiger partial charge < -0.3 is 19.5 Å². The van der Waals surface area contributed by atoms with Gasteiger partial charge in [0.1, 0.15) is 5.82 Å². The molecule has 1 aliphatic heterocycles. The molecule has 11 heteroatoms. The molecule has 32 heavy (non-hydrogen) atoms. The fourth-order valence-corrected chi connectivity index (χ4v) is 4.13. The number of aryl methyl sites for hydroxylation is 1. The molecule has 1 unspecified atom stereocenters. The zero-order chi connectivity index (χ0) is 22.7. The van der Waals surface area contributed by atoms with Crippen molar-refractivity contribution in [2.24, 2.45) is 7.05 Å². The Morgan fingerprint density at radius 1 is 1.25 bits per heavy atom. The van der Waals surface area contributed by atoms with Crippen molar-refractivity contribution in [3.05, 3.63) is 42.2 Å². The Hall–Kier alpha value is -2.99. The van der Waals surface area contributed by atoms with E-state index in [2.05, 4.69) is 31.3 Å². The van der Waals surface area contributed by atoms with Crippen LogP contribution in [-0.4, -0.2) is 57.7 Å². The number of hydrogen-bond acceptors (Lipinski definition) is 5. The first kappa shape index (κ1) is 22.2. The Balaban J connectivity index is 1.79. The molecule has 2 aromatic heterocycles. The van der Waals surface area contributed by atoms with Crippen molar-refractivity contribution in [2.45, 2.75) is 6.54 Å². The minimum Gasteiger partial charge on any atom is -0.378 e. The minimum atomic E-state index is -2.10. The number of aromatic nitrogens is 2. The van der Waals surface area contributed by atoms with Gasteiger partial charge >= 0.3 is 6.03 Å². The molecule has 0 aliphatic carbocycles. The van der Waals surface area contributed by atoms with Gasteiger partial charge in [0, 0.05) is 56.6 Å². The van der Waals surface area contributed by atoms with E-state index in [9.17, 15) is 9.00 Å². The van der Waals surface area contributed by atoms with Crippen LogP contribution in [0.2, 0.25) is 0 Å². The van der Waals surface area contributed by atoms with Crippen molar-refractivity contribution < 1.29 is 18.3 Å². The van der Waals surface area contributed by atoms with Crippen LogP contribution < -0.4 is 20.3 Å². The molecule has 0 saturated carbocycles. The molecule has 1 aliphatic rings. The summed E-state index contributed by atoms with van der Waals surface area (Å²) in [4.78, 5) is 18.3. The summed E-state index contributed by atoms with van der Waals surface area (Å²) in [7, 11) is 3.50. The van der Waals surface area contributed by atoms with Gasteiger partial charge in [-0.3, -0.25) is 9.87 Å². The van der Waals surface area contributed by atoms with Crippen LogP contribution in [0, 0.1) is 0 Å². The molecule has 10 nitrogen and oxygen atoms in total. The third-order valence-corrected chi connectivity index (χ3v) is 5.80. The Labute approximate surface area is 188 Å². The van der Waals surface area contributed by atoms with E-state index >= 15 is 0 Å². The van der Waals surface area contributed by atoms with Gasteiger partial charge in [0.25, 0.3) is 0 Å². The van der Waals surface area contributed by atoms with Crippen LogP contribution in [0.15, 0.2) is 36.7 Å². The van der Waals surface area contributed by atoms with Crippen LogP contribution in [0.3, 0.4) is 0 Å². The van der Waals surface area contributed by atoms with E-state index in [1.54, 1.807) is 13.2 Å². The number of pyridine rings is 1. The molecule has 0 spiro atoms. The summed E-state index contributed by atoms with van der Waals surface area (Å²) in [5.74, 6) is 0.450. The van der Waals surface area contributed by atoms with Crippen molar-refractivity contribution >= 4 is 39.7 Å².